The molecule has 0 bridgehead atoms. The average molecular weight is 444 g/mol. The molecule has 1 atom stereocenters. The van der Waals surface area contributed by atoms with Gasteiger partial charge in [0.1, 0.15) is 18.5 Å². The maximum atomic E-state index is 12.7. The number of carbonyl (C=O) groups excluding carboxylic acids is 1. The number of carbonyl (C=O) groups is 1. The number of nitrogens with zero attached hydrogens (tertiary/aromatic N) is 2. The molecule has 1 heterocycles. The van der Waals surface area contributed by atoms with Gasteiger partial charge in [-0.3, -0.25) is 9.69 Å². The standard InChI is InChI=1S/C20H21Cl3N2O3/c21-14-5-6-16(18(23)11-14)20(27)25-9-7-24(8-10-25)12-15(26)13-28-19-4-2-1-3-17(19)22/h1-6,11,15,26H,7-10,12-13H2. The number of hydrogen-bond acceptors (Lipinski definition) is 4. The van der Waals surface area contributed by atoms with E-state index in [0.29, 0.717) is 59.1 Å². The van der Waals surface area contributed by atoms with E-state index in [-0.39, 0.29) is 12.5 Å². The smallest absolute Gasteiger partial charge is 0.255 e. The minimum atomic E-state index is -0.649. The number of rotatable bonds is 6. The summed E-state index contributed by atoms with van der Waals surface area (Å²) < 4.78 is 5.58. The van der Waals surface area contributed by atoms with Gasteiger partial charge in [0.2, 0.25) is 0 Å². The molecule has 3 rings (SSSR count). The van der Waals surface area contributed by atoms with Crippen LogP contribution in [-0.2, 0) is 0 Å². The van der Waals surface area contributed by atoms with Crippen LogP contribution >= 0.6 is 34.8 Å². The number of aliphatic hydroxyl groups excluding tert-OH is 1. The second-order valence-corrected chi connectivity index (χ2v) is 7.86. The molecule has 0 saturated carbocycles. The molecule has 1 N–H and O–H groups in total. The van der Waals surface area contributed by atoms with Gasteiger partial charge in [0.05, 0.1) is 15.6 Å². The van der Waals surface area contributed by atoms with E-state index in [0.717, 1.165) is 0 Å². The Labute approximate surface area is 179 Å². The molecule has 1 unspecified atom stereocenters. The maximum absolute atomic E-state index is 12.7. The first-order valence-electron chi connectivity index (χ1n) is 8.96. The molecule has 0 radical (unpaired) electrons. The van der Waals surface area contributed by atoms with Crippen molar-refractivity contribution in [3.8, 4) is 5.75 Å². The molecule has 0 aliphatic carbocycles. The summed E-state index contributed by atoms with van der Waals surface area (Å²) >= 11 is 18.1. The van der Waals surface area contributed by atoms with Crippen LogP contribution in [0, 0.1) is 0 Å². The molecule has 1 fully saturated rings. The van der Waals surface area contributed by atoms with Crippen molar-refractivity contribution in [3.63, 3.8) is 0 Å². The van der Waals surface area contributed by atoms with Gasteiger partial charge in [0.15, 0.2) is 0 Å². The van der Waals surface area contributed by atoms with Gasteiger partial charge in [-0.2, -0.15) is 0 Å². The van der Waals surface area contributed by atoms with Crippen molar-refractivity contribution < 1.29 is 14.6 Å². The van der Waals surface area contributed by atoms with E-state index >= 15 is 0 Å². The number of para-hydroxylation sites is 1. The van der Waals surface area contributed by atoms with Gasteiger partial charge in [-0.1, -0.05) is 46.9 Å². The Balaban J connectivity index is 1.46. The molecule has 150 valence electrons. The monoisotopic (exact) mass is 442 g/mol. The van der Waals surface area contributed by atoms with Crippen molar-refractivity contribution in [3.05, 3.63) is 63.1 Å². The van der Waals surface area contributed by atoms with E-state index < -0.39 is 6.10 Å². The summed E-state index contributed by atoms with van der Waals surface area (Å²) in [6, 6.07) is 12.0. The third kappa shape index (κ3) is 5.52. The summed E-state index contributed by atoms with van der Waals surface area (Å²) in [6.07, 6.45) is -0.649. The number of β-amino-alcohol motifs (C(OH)–C–C–N with tert-alkyl or cyclic N) is 1. The molecule has 2 aromatic carbocycles. The zero-order valence-corrected chi connectivity index (χ0v) is 17.4. The number of halogens is 3. The highest BCUT2D eigenvalue weighted by atomic mass is 35.5. The Morgan fingerprint density at radius 2 is 1.75 bits per heavy atom. The molecule has 5 nitrogen and oxygen atoms in total. The first kappa shape index (κ1) is 21.2. The predicted octanol–water partition coefficient (Wildman–Crippen LogP) is 3.84. The van der Waals surface area contributed by atoms with E-state index in [1.807, 2.05) is 12.1 Å². The van der Waals surface area contributed by atoms with Crippen LogP contribution in [0.5, 0.6) is 5.75 Å². The summed E-state index contributed by atoms with van der Waals surface area (Å²) in [4.78, 5) is 16.5. The van der Waals surface area contributed by atoms with Crippen molar-refractivity contribution in [1.29, 1.82) is 0 Å². The molecule has 1 aliphatic rings. The minimum absolute atomic E-state index is 0.107. The second-order valence-electron chi connectivity index (χ2n) is 6.61. The van der Waals surface area contributed by atoms with Crippen LogP contribution < -0.4 is 4.74 Å². The van der Waals surface area contributed by atoms with Crippen LogP contribution in [-0.4, -0.2) is 66.2 Å². The van der Waals surface area contributed by atoms with Crippen molar-refractivity contribution in [1.82, 2.24) is 9.80 Å². The number of amides is 1. The third-order valence-electron chi connectivity index (χ3n) is 4.56. The summed E-state index contributed by atoms with van der Waals surface area (Å²) in [5, 5.41) is 11.6. The zero-order chi connectivity index (χ0) is 20.1. The highest BCUT2D eigenvalue weighted by Crippen LogP contribution is 2.24. The minimum Gasteiger partial charge on any atom is -0.489 e. The van der Waals surface area contributed by atoms with Crippen molar-refractivity contribution in [2.45, 2.75) is 6.10 Å². The van der Waals surface area contributed by atoms with Crippen molar-refractivity contribution >= 4 is 40.7 Å². The third-order valence-corrected chi connectivity index (χ3v) is 5.42. The Morgan fingerprint density at radius 1 is 1.04 bits per heavy atom. The lowest BCUT2D eigenvalue weighted by molar-refractivity contribution is 0.0404. The highest BCUT2D eigenvalue weighted by molar-refractivity contribution is 6.36. The molecule has 1 saturated heterocycles. The van der Waals surface area contributed by atoms with E-state index in [2.05, 4.69) is 4.90 Å². The molecule has 0 aromatic heterocycles. The van der Waals surface area contributed by atoms with E-state index in [4.69, 9.17) is 39.5 Å². The quantitative estimate of drug-likeness (QED) is 0.737. The Morgan fingerprint density at radius 3 is 2.43 bits per heavy atom. The van der Waals surface area contributed by atoms with Gasteiger partial charge < -0.3 is 14.7 Å². The Kier molecular flexibility index (Phi) is 7.43. The van der Waals surface area contributed by atoms with Crippen LogP contribution in [0.1, 0.15) is 10.4 Å². The fourth-order valence-electron chi connectivity index (χ4n) is 3.07. The van der Waals surface area contributed by atoms with Gasteiger partial charge >= 0.3 is 0 Å². The van der Waals surface area contributed by atoms with Gasteiger partial charge in [0.25, 0.3) is 5.91 Å². The summed E-state index contributed by atoms with van der Waals surface area (Å²) in [7, 11) is 0. The van der Waals surface area contributed by atoms with Gasteiger partial charge in [0, 0.05) is 37.7 Å². The predicted molar refractivity (Wildman–Crippen MR) is 112 cm³/mol. The first-order valence-corrected chi connectivity index (χ1v) is 10.1. The molecule has 28 heavy (non-hydrogen) atoms. The summed E-state index contributed by atoms with van der Waals surface area (Å²) in [6.45, 7) is 3.09. The molecular formula is C20H21Cl3N2O3. The fourth-order valence-corrected chi connectivity index (χ4v) is 3.74. The average Bonchev–Trinajstić information content (AvgIpc) is 2.67. The van der Waals surface area contributed by atoms with Crippen LogP contribution in [0.2, 0.25) is 15.1 Å². The molecule has 0 spiro atoms. The lowest BCUT2D eigenvalue weighted by atomic mass is 10.1. The molecular weight excluding hydrogens is 423 g/mol. The van der Waals surface area contributed by atoms with Gasteiger partial charge in [-0.05, 0) is 30.3 Å². The van der Waals surface area contributed by atoms with Crippen LogP contribution in [0.3, 0.4) is 0 Å². The SMILES string of the molecule is O=C(c1ccc(Cl)cc1Cl)N1CCN(CC(O)COc2ccccc2Cl)CC1. The van der Waals surface area contributed by atoms with Crippen molar-refractivity contribution in [2.75, 3.05) is 39.3 Å². The van der Waals surface area contributed by atoms with Gasteiger partial charge in [-0.25, -0.2) is 0 Å². The number of piperazine rings is 1. The molecule has 1 aliphatic heterocycles. The van der Waals surface area contributed by atoms with E-state index in [1.54, 1.807) is 35.2 Å². The lowest BCUT2D eigenvalue weighted by Gasteiger charge is -2.35. The molecule has 1 amide bonds. The largest absolute Gasteiger partial charge is 0.489 e. The maximum Gasteiger partial charge on any atom is 0.255 e. The number of benzene rings is 2. The summed E-state index contributed by atoms with van der Waals surface area (Å²) in [5.41, 5.74) is 0.452. The highest BCUT2D eigenvalue weighted by Gasteiger charge is 2.25. The lowest BCUT2D eigenvalue weighted by Crippen LogP contribution is -2.51. The molecule has 8 heteroatoms. The van der Waals surface area contributed by atoms with Crippen molar-refractivity contribution in [2.24, 2.45) is 0 Å². The van der Waals surface area contributed by atoms with E-state index in [9.17, 15) is 9.90 Å². The number of aliphatic hydroxyl groups is 1. The Hall–Kier alpha value is -1.50. The topological polar surface area (TPSA) is 53.0 Å². The van der Waals surface area contributed by atoms with E-state index in [1.165, 1.54) is 0 Å². The van der Waals surface area contributed by atoms with Crippen LogP contribution in [0.4, 0.5) is 0 Å². The first-order chi connectivity index (χ1) is 13.4. The Bertz CT molecular complexity index is 826. The zero-order valence-electron chi connectivity index (χ0n) is 15.2. The summed E-state index contributed by atoms with van der Waals surface area (Å²) in [5.74, 6) is 0.447. The number of ether oxygens (including phenoxy) is 1. The second kappa shape index (κ2) is 9.81. The normalized spacial score (nSPS) is 16.1. The van der Waals surface area contributed by atoms with Crippen LogP contribution in [0.15, 0.2) is 42.5 Å². The van der Waals surface area contributed by atoms with Gasteiger partial charge in [-0.15, -0.1) is 0 Å². The van der Waals surface area contributed by atoms with Crippen LogP contribution in [0.25, 0.3) is 0 Å². The fraction of sp³-hybridized carbons (Fsp3) is 0.350. The number of hydrogen-bond donors (Lipinski definition) is 1. The molecule has 2 aromatic rings.